The molecule has 3 heterocycles. The van der Waals surface area contributed by atoms with Gasteiger partial charge in [0, 0.05) is 11.9 Å². The summed E-state index contributed by atoms with van der Waals surface area (Å²) in [7, 11) is 0. The molecule has 5 aromatic rings. The van der Waals surface area contributed by atoms with Crippen molar-refractivity contribution in [3.8, 4) is 11.6 Å². The number of pyridine rings is 1. The summed E-state index contributed by atoms with van der Waals surface area (Å²) < 4.78 is 3.19. The van der Waals surface area contributed by atoms with E-state index in [1.54, 1.807) is 41.2 Å². The van der Waals surface area contributed by atoms with Crippen molar-refractivity contribution in [1.29, 1.82) is 0 Å². The second kappa shape index (κ2) is 6.20. The lowest BCUT2D eigenvalue weighted by Crippen LogP contribution is -2.11. The van der Waals surface area contributed by atoms with E-state index < -0.39 is 5.91 Å². The molecule has 0 unspecified atom stereocenters. The van der Waals surface area contributed by atoms with Gasteiger partial charge in [0.1, 0.15) is 11.1 Å². The van der Waals surface area contributed by atoms with Crippen LogP contribution in [0.4, 0.5) is 5.69 Å². The van der Waals surface area contributed by atoms with E-state index in [0.29, 0.717) is 16.7 Å². The van der Waals surface area contributed by atoms with E-state index in [4.69, 9.17) is 0 Å². The fraction of sp³-hybridized carbons (Fsp3) is 0. The van der Waals surface area contributed by atoms with Gasteiger partial charge in [-0.1, -0.05) is 29.5 Å². The number of amides is 1. The average Bonchev–Trinajstić information content (AvgIpc) is 3.28. The highest BCUT2D eigenvalue weighted by Crippen LogP contribution is 2.24. The molecule has 0 saturated carbocycles. The van der Waals surface area contributed by atoms with E-state index in [2.05, 4.69) is 20.7 Å². The molecule has 0 radical (unpaired) electrons. The van der Waals surface area contributed by atoms with E-state index in [-0.39, 0.29) is 11.4 Å². The van der Waals surface area contributed by atoms with Gasteiger partial charge in [0.25, 0.3) is 5.91 Å². The summed E-state index contributed by atoms with van der Waals surface area (Å²) in [6.07, 6.45) is 1.67. The number of anilines is 1. The van der Waals surface area contributed by atoms with Crippen molar-refractivity contribution in [2.24, 2.45) is 0 Å². The fourth-order valence-corrected chi connectivity index (χ4v) is 3.16. The van der Waals surface area contributed by atoms with Crippen LogP contribution < -0.4 is 5.32 Å². The zero-order chi connectivity index (χ0) is 19.1. The fourth-order valence-electron chi connectivity index (χ4n) is 3.16. The minimum absolute atomic E-state index is 0.119. The molecule has 0 spiro atoms. The minimum atomic E-state index is -0.450. The predicted molar refractivity (Wildman–Crippen MR) is 104 cm³/mol. The van der Waals surface area contributed by atoms with Crippen LogP contribution in [-0.4, -0.2) is 35.6 Å². The van der Waals surface area contributed by atoms with Gasteiger partial charge in [-0.05, 0) is 42.5 Å². The van der Waals surface area contributed by atoms with Gasteiger partial charge in [-0.3, -0.25) is 4.79 Å². The molecule has 5 rings (SSSR count). The third-order valence-corrected chi connectivity index (χ3v) is 4.45. The highest BCUT2D eigenvalue weighted by Gasteiger charge is 2.19. The standard InChI is InChI=1S/C20H14N6O2/c27-19(18-17-8-4-5-11-25(17)23-20(18)28)21-13-9-10-16-15(12-13)22-24-26(16)14-6-2-1-3-7-14/h1-12H,(H,21,27)(H,23,28). The van der Waals surface area contributed by atoms with E-state index in [0.717, 1.165) is 11.2 Å². The molecule has 0 aliphatic carbocycles. The Morgan fingerprint density at radius 1 is 0.964 bits per heavy atom. The molecule has 1 amide bonds. The lowest BCUT2D eigenvalue weighted by molar-refractivity contribution is 0.102. The van der Waals surface area contributed by atoms with E-state index in [9.17, 15) is 9.90 Å². The first kappa shape index (κ1) is 16.0. The Balaban J connectivity index is 1.49. The molecule has 136 valence electrons. The molecular weight excluding hydrogens is 356 g/mol. The van der Waals surface area contributed by atoms with E-state index >= 15 is 0 Å². The van der Waals surface area contributed by atoms with Crippen molar-refractivity contribution < 1.29 is 9.90 Å². The largest absolute Gasteiger partial charge is 0.492 e. The smallest absolute Gasteiger partial charge is 0.263 e. The van der Waals surface area contributed by atoms with Crippen LogP contribution in [0.1, 0.15) is 10.4 Å². The van der Waals surface area contributed by atoms with Crippen molar-refractivity contribution in [3.63, 3.8) is 0 Å². The molecule has 28 heavy (non-hydrogen) atoms. The highest BCUT2D eigenvalue weighted by atomic mass is 16.3. The van der Waals surface area contributed by atoms with E-state index in [1.165, 1.54) is 4.52 Å². The molecule has 0 aliphatic heterocycles. The first-order valence-electron chi connectivity index (χ1n) is 8.59. The topological polar surface area (TPSA) is 97.3 Å². The summed E-state index contributed by atoms with van der Waals surface area (Å²) in [5.41, 5.74) is 3.56. The number of nitrogens with one attached hydrogen (secondary N) is 1. The third kappa shape index (κ3) is 2.55. The Labute approximate surface area is 158 Å². The van der Waals surface area contributed by atoms with Crippen LogP contribution in [0.25, 0.3) is 22.2 Å². The summed E-state index contributed by atoms with van der Waals surface area (Å²) in [5, 5.41) is 25.2. The summed E-state index contributed by atoms with van der Waals surface area (Å²) >= 11 is 0. The van der Waals surface area contributed by atoms with Gasteiger partial charge in [-0.25, -0.2) is 9.20 Å². The molecule has 0 aliphatic rings. The van der Waals surface area contributed by atoms with Gasteiger partial charge >= 0.3 is 0 Å². The van der Waals surface area contributed by atoms with Crippen molar-refractivity contribution in [2.45, 2.75) is 0 Å². The normalized spacial score (nSPS) is 11.1. The zero-order valence-corrected chi connectivity index (χ0v) is 14.5. The van der Waals surface area contributed by atoms with Crippen molar-refractivity contribution in [3.05, 3.63) is 78.5 Å². The number of benzene rings is 2. The van der Waals surface area contributed by atoms with Crippen molar-refractivity contribution in [2.75, 3.05) is 5.32 Å². The van der Waals surface area contributed by atoms with Gasteiger partial charge in [-0.2, -0.15) is 0 Å². The van der Waals surface area contributed by atoms with Gasteiger partial charge < -0.3 is 10.4 Å². The Kier molecular flexibility index (Phi) is 3.55. The average molecular weight is 370 g/mol. The second-order valence-electron chi connectivity index (χ2n) is 6.22. The Hall–Kier alpha value is -4.20. The number of hydrogen-bond donors (Lipinski definition) is 2. The molecule has 8 heteroatoms. The molecule has 8 nitrogen and oxygen atoms in total. The monoisotopic (exact) mass is 370 g/mol. The van der Waals surface area contributed by atoms with Gasteiger partial charge in [0.2, 0.25) is 5.88 Å². The van der Waals surface area contributed by atoms with Crippen LogP contribution in [-0.2, 0) is 0 Å². The Bertz CT molecular complexity index is 1320. The number of carbonyl (C=O) groups is 1. The number of nitrogens with zero attached hydrogens (tertiary/aromatic N) is 5. The first-order chi connectivity index (χ1) is 13.7. The lowest BCUT2D eigenvalue weighted by Gasteiger charge is -2.05. The highest BCUT2D eigenvalue weighted by molar-refractivity contribution is 6.11. The number of rotatable bonds is 3. The molecule has 0 bridgehead atoms. The van der Waals surface area contributed by atoms with Crippen molar-refractivity contribution >= 4 is 28.1 Å². The summed E-state index contributed by atoms with van der Waals surface area (Å²) in [6, 6.07) is 20.3. The molecule has 2 N–H and O–H groups in total. The van der Waals surface area contributed by atoms with Crippen LogP contribution >= 0.6 is 0 Å². The van der Waals surface area contributed by atoms with Crippen LogP contribution in [0.2, 0.25) is 0 Å². The summed E-state index contributed by atoms with van der Waals surface area (Å²) in [6.45, 7) is 0. The molecule has 0 atom stereocenters. The maximum atomic E-state index is 12.7. The van der Waals surface area contributed by atoms with E-state index in [1.807, 2.05) is 36.4 Å². The second-order valence-corrected chi connectivity index (χ2v) is 6.22. The minimum Gasteiger partial charge on any atom is -0.492 e. The number of para-hydroxylation sites is 1. The maximum absolute atomic E-state index is 12.7. The quantitative estimate of drug-likeness (QED) is 0.509. The van der Waals surface area contributed by atoms with Gasteiger partial charge in [0.05, 0.1) is 16.7 Å². The molecule has 0 saturated heterocycles. The third-order valence-electron chi connectivity index (χ3n) is 4.45. The number of hydrogen-bond acceptors (Lipinski definition) is 5. The summed E-state index contributed by atoms with van der Waals surface area (Å²) in [5.74, 6) is -0.770. The van der Waals surface area contributed by atoms with Gasteiger partial charge in [0.15, 0.2) is 0 Å². The van der Waals surface area contributed by atoms with Crippen molar-refractivity contribution in [1.82, 2.24) is 24.6 Å². The number of carbonyl (C=O) groups excluding carboxylic acids is 1. The maximum Gasteiger partial charge on any atom is 0.263 e. The van der Waals surface area contributed by atoms with Crippen LogP contribution in [0, 0.1) is 0 Å². The van der Waals surface area contributed by atoms with Crippen LogP contribution in [0.5, 0.6) is 5.88 Å². The number of aromatic hydroxyl groups is 1. The molecule has 0 fully saturated rings. The molecular formula is C20H14N6O2. The van der Waals surface area contributed by atoms with Crippen LogP contribution in [0.3, 0.4) is 0 Å². The van der Waals surface area contributed by atoms with Crippen LogP contribution in [0.15, 0.2) is 72.9 Å². The molecule has 2 aromatic carbocycles. The SMILES string of the molecule is O=C(Nc1ccc2c(c1)nnn2-c1ccccc1)c1c(O)nn2ccccc12. The predicted octanol–water partition coefficient (Wildman–Crippen LogP) is 3.03. The Morgan fingerprint density at radius 3 is 2.64 bits per heavy atom. The van der Waals surface area contributed by atoms with Gasteiger partial charge in [-0.15, -0.1) is 10.2 Å². The Morgan fingerprint density at radius 2 is 1.79 bits per heavy atom. The summed E-state index contributed by atoms with van der Waals surface area (Å²) in [4.78, 5) is 12.7. The lowest BCUT2D eigenvalue weighted by atomic mass is 10.2. The number of aromatic nitrogens is 5. The molecule has 3 aromatic heterocycles. The zero-order valence-electron chi connectivity index (χ0n) is 14.5. The first-order valence-corrected chi connectivity index (χ1v) is 8.59. The number of fused-ring (bicyclic) bond motifs is 2.